The molecule has 1 aliphatic heterocycles. The van der Waals surface area contributed by atoms with Crippen molar-refractivity contribution < 1.29 is 9.53 Å². The minimum absolute atomic E-state index is 0.0825. The van der Waals surface area contributed by atoms with Gasteiger partial charge in [-0.2, -0.15) is 0 Å². The number of aromatic nitrogens is 1. The topological polar surface area (TPSA) is 63.2 Å². The summed E-state index contributed by atoms with van der Waals surface area (Å²) in [4.78, 5) is 16.8. The van der Waals surface area contributed by atoms with Crippen molar-refractivity contribution >= 4 is 22.4 Å². The summed E-state index contributed by atoms with van der Waals surface area (Å²) in [7, 11) is 0. The second-order valence-corrected chi connectivity index (χ2v) is 6.37. The molecule has 0 unspecified atom stereocenters. The van der Waals surface area contributed by atoms with Crippen molar-refractivity contribution in [2.24, 2.45) is 5.92 Å². The lowest BCUT2D eigenvalue weighted by Crippen LogP contribution is -2.34. The maximum Gasteiger partial charge on any atom is 0.229 e. The van der Waals surface area contributed by atoms with Crippen molar-refractivity contribution in [2.45, 2.75) is 19.8 Å². The Kier molecular flexibility index (Phi) is 5.25. The van der Waals surface area contributed by atoms with E-state index >= 15 is 0 Å². The molecule has 5 nitrogen and oxygen atoms in total. The molecule has 0 atom stereocenters. The molecule has 1 aromatic carbocycles. The molecule has 0 spiro atoms. The van der Waals surface area contributed by atoms with E-state index in [0.717, 1.165) is 42.9 Å². The highest BCUT2D eigenvalue weighted by Crippen LogP contribution is 2.27. The molecular weight excluding hydrogens is 310 g/mol. The molecule has 3 rings (SSSR count). The van der Waals surface area contributed by atoms with Crippen LogP contribution in [-0.2, 0) is 4.79 Å². The highest BCUT2D eigenvalue weighted by atomic mass is 32.1. The zero-order valence-electron chi connectivity index (χ0n) is 13.2. The number of rotatable bonds is 5. The third-order valence-corrected chi connectivity index (χ3v) is 4.66. The average molecular weight is 331 g/mol. The number of nitrogens with one attached hydrogen (secondary N) is 2. The Bertz CT molecular complexity index is 648. The molecule has 0 aliphatic carbocycles. The monoisotopic (exact) mass is 331 g/mol. The normalized spacial score (nSPS) is 15.3. The number of benzene rings is 1. The second kappa shape index (κ2) is 7.57. The Balaban J connectivity index is 1.64. The Morgan fingerprint density at radius 3 is 2.78 bits per heavy atom. The van der Waals surface area contributed by atoms with Crippen molar-refractivity contribution in [2.75, 3.05) is 25.0 Å². The van der Waals surface area contributed by atoms with Gasteiger partial charge in [0.25, 0.3) is 0 Å². The van der Waals surface area contributed by atoms with Gasteiger partial charge in [-0.25, -0.2) is 4.98 Å². The van der Waals surface area contributed by atoms with Crippen LogP contribution in [0.2, 0.25) is 0 Å². The Hall–Kier alpha value is -1.92. The van der Waals surface area contributed by atoms with Crippen LogP contribution in [0.3, 0.4) is 0 Å². The van der Waals surface area contributed by atoms with Gasteiger partial charge in [0.1, 0.15) is 5.75 Å². The van der Waals surface area contributed by atoms with E-state index in [1.807, 2.05) is 36.6 Å². The summed E-state index contributed by atoms with van der Waals surface area (Å²) in [5.74, 6) is 1.03. The zero-order chi connectivity index (χ0) is 16.1. The second-order valence-electron chi connectivity index (χ2n) is 5.51. The summed E-state index contributed by atoms with van der Waals surface area (Å²) in [5.41, 5.74) is 1.89. The fourth-order valence-electron chi connectivity index (χ4n) is 2.64. The molecule has 6 heteroatoms. The maximum absolute atomic E-state index is 12.2. The lowest BCUT2D eigenvalue weighted by molar-refractivity contribution is -0.120. The Morgan fingerprint density at radius 1 is 1.35 bits per heavy atom. The van der Waals surface area contributed by atoms with E-state index in [-0.39, 0.29) is 11.8 Å². The van der Waals surface area contributed by atoms with Gasteiger partial charge in [-0.15, -0.1) is 11.3 Å². The molecule has 2 heterocycles. The number of amides is 1. The molecule has 1 aromatic heterocycles. The average Bonchev–Trinajstić information content (AvgIpc) is 3.05. The number of thiazole rings is 1. The third-order valence-electron chi connectivity index (χ3n) is 3.91. The number of carbonyl (C=O) groups is 1. The SMILES string of the molecule is CCOc1ccc(-c2csc(NC(=O)C3CCNCC3)n2)cc1. The molecule has 2 N–H and O–H groups in total. The molecule has 0 saturated carbocycles. The lowest BCUT2D eigenvalue weighted by Gasteiger charge is -2.20. The van der Waals surface area contributed by atoms with Gasteiger partial charge in [-0.3, -0.25) is 4.79 Å². The third kappa shape index (κ3) is 4.09. The summed E-state index contributed by atoms with van der Waals surface area (Å²) >= 11 is 1.46. The molecule has 1 amide bonds. The van der Waals surface area contributed by atoms with Crippen LogP contribution in [-0.4, -0.2) is 30.6 Å². The van der Waals surface area contributed by atoms with Gasteiger partial charge in [-0.05, 0) is 57.1 Å². The number of anilines is 1. The molecule has 0 bridgehead atoms. The fraction of sp³-hybridized carbons (Fsp3) is 0.412. The first-order valence-electron chi connectivity index (χ1n) is 7.96. The number of piperidine rings is 1. The van der Waals surface area contributed by atoms with Crippen LogP contribution in [0.5, 0.6) is 5.75 Å². The highest BCUT2D eigenvalue weighted by Gasteiger charge is 2.21. The largest absolute Gasteiger partial charge is 0.494 e. The number of ether oxygens (including phenoxy) is 1. The minimum Gasteiger partial charge on any atom is -0.494 e. The molecule has 122 valence electrons. The molecule has 23 heavy (non-hydrogen) atoms. The summed E-state index contributed by atoms with van der Waals surface area (Å²) in [5, 5.41) is 8.85. The summed E-state index contributed by atoms with van der Waals surface area (Å²) in [6.45, 7) is 4.44. The molecule has 1 aliphatic rings. The van der Waals surface area contributed by atoms with E-state index in [9.17, 15) is 4.79 Å². The Labute approximate surface area is 140 Å². The molecule has 1 fully saturated rings. The van der Waals surface area contributed by atoms with Gasteiger partial charge in [0.2, 0.25) is 5.91 Å². The first-order valence-corrected chi connectivity index (χ1v) is 8.84. The molecule has 2 aromatic rings. The van der Waals surface area contributed by atoms with E-state index in [1.165, 1.54) is 11.3 Å². The van der Waals surface area contributed by atoms with E-state index in [2.05, 4.69) is 15.6 Å². The minimum atomic E-state index is 0.0825. The van der Waals surface area contributed by atoms with Crippen LogP contribution in [0.4, 0.5) is 5.13 Å². The van der Waals surface area contributed by atoms with E-state index < -0.39 is 0 Å². The van der Waals surface area contributed by atoms with Crippen LogP contribution in [0.25, 0.3) is 11.3 Å². The Morgan fingerprint density at radius 2 is 2.09 bits per heavy atom. The maximum atomic E-state index is 12.2. The van der Waals surface area contributed by atoms with E-state index in [1.54, 1.807) is 0 Å². The van der Waals surface area contributed by atoms with Gasteiger partial charge in [0.05, 0.1) is 12.3 Å². The molecule has 0 radical (unpaired) electrons. The number of hydrogen-bond donors (Lipinski definition) is 2. The summed E-state index contributed by atoms with van der Waals surface area (Å²) in [6, 6.07) is 7.84. The molecule has 1 saturated heterocycles. The summed E-state index contributed by atoms with van der Waals surface area (Å²) in [6.07, 6.45) is 1.78. The van der Waals surface area contributed by atoms with Crippen LogP contribution in [0.1, 0.15) is 19.8 Å². The number of nitrogens with zero attached hydrogens (tertiary/aromatic N) is 1. The van der Waals surface area contributed by atoms with Crippen LogP contribution in [0, 0.1) is 5.92 Å². The van der Waals surface area contributed by atoms with Crippen LogP contribution >= 0.6 is 11.3 Å². The predicted octanol–water partition coefficient (Wildman–Crippen LogP) is 3.15. The quantitative estimate of drug-likeness (QED) is 0.883. The van der Waals surface area contributed by atoms with Crippen molar-refractivity contribution in [1.29, 1.82) is 0 Å². The summed E-state index contributed by atoms with van der Waals surface area (Å²) < 4.78 is 5.44. The standard InChI is InChI=1S/C17H21N3O2S/c1-2-22-14-5-3-12(4-6-14)15-11-23-17(19-15)20-16(21)13-7-9-18-10-8-13/h3-6,11,13,18H,2,7-10H2,1H3,(H,19,20,21). The van der Waals surface area contributed by atoms with Gasteiger partial charge >= 0.3 is 0 Å². The van der Waals surface area contributed by atoms with Crippen molar-refractivity contribution in [3.05, 3.63) is 29.6 Å². The van der Waals surface area contributed by atoms with Gasteiger partial charge in [-0.1, -0.05) is 0 Å². The van der Waals surface area contributed by atoms with Gasteiger partial charge < -0.3 is 15.4 Å². The van der Waals surface area contributed by atoms with Gasteiger partial charge in [0.15, 0.2) is 5.13 Å². The number of carbonyl (C=O) groups excluding carboxylic acids is 1. The van der Waals surface area contributed by atoms with Gasteiger partial charge in [0, 0.05) is 16.9 Å². The van der Waals surface area contributed by atoms with Crippen molar-refractivity contribution in [3.8, 4) is 17.0 Å². The fourth-order valence-corrected chi connectivity index (χ4v) is 3.37. The predicted molar refractivity (Wildman–Crippen MR) is 92.9 cm³/mol. The number of hydrogen-bond acceptors (Lipinski definition) is 5. The van der Waals surface area contributed by atoms with Crippen LogP contribution < -0.4 is 15.4 Å². The lowest BCUT2D eigenvalue weighted by atomic mass is 9.97. The molecular formula is C17H21N3O2S. The van der Waals surface area contributed by atoms with Crippen molar-refractivity contribution in [1.82, 2.24) is 10.3 Å². The van der Waals surface area contributed by atoms with E-state index in [0.29, 0.717) is 11.7 Å². The van der Waals surface area contributed by atoms with Crippen LogP contribution in [0.15, 0.2) is 29.6 Å². The van der Waals surface area contributed by atoms with Crippen molar-refractivity contribution in [3.63, 3.8) is 0 Å². The smallest absolute Gasteiger partial charge is 0.229 e. The van der Waals surface area contributed by atoms with E-state index in [4.69, 9.17) is 4.74 Å². The first-order chi connectivity index (χ1) is 11.3. The highest BCUT2D eigenvalue weighted by molar-refractivity contribution is 7.14. The zero-order valence-corrected chi connectivity index (χ0v) is 14.0. The first kappa shape index (κ1) is 16.0.